The molecule has 0 bridgehead atoms. The molecular weight excluding hydrogens is 791 g/mol. The van der Waals surface area contributed by atoms with Crippen LogP contribution in [0.25, 0.3) is 0 Å². The number of esters is 2. The Hall–Kier alpha value is -2.34. The van der Waals surface area contributed by atoms with Crippen molar-refractivity contribution in [3.63, 3.8) is 0 Å². The molecule has 1 saturated heterocycles. The van der Waals surface area contributed by atoms with Crippen molar-refractivity contribution >= 4 is 35.4 Å². The summed E-state index contributed by atoms with van der Waals surface area (Å²) in [4.78, 5) is 38.3. The summed E-state index contributed by atoms with van der Waals surface area (Å²) in [6.45, 7) is 4.21. The first-order valence-electron chi connectivity index (χ1n) is 23.3. The average Bonchev–Trinajstić information content (AvgIpc) is 3.78. The monoisotopic (exact) mass is 872 g/mol. The lowest BCUT2D eigenvalue weighted by Gasteiger charge is -2.20. The molecule has 7 N–H and O–H groups in total. The number of carbonyl (C=O) groups is 3. The van der Waals surface area contributed by atoms with Crippen LogP contribution in [0.2, 0.25) is 0 Å². The van der Waals surface area contributed by atoms with Gasteiger partial charge in [-0.05, 0) is 12.8 Å². The lowest BCUT2D eigenvalue weighted by molar-refractivity contribution is -0.157. The lowest BCUT2D eigenvalue weighted by Crippen LogP contribution is -2.40. The van der Waals surface area contributed by atoms with E-state index in [-0.39, 0.29) is 42.4 Å². The van der Waals surface area contributed by atoms with Crippen LogP contribution in [0.3, 0.4) is 0 Å². The molecule has 60 heavy (non-hydrogen) atoms. The second-order valence-corrected chi connectivity index (χ2v) is 17.6. The van der Waals surface area contributed by atoms with Gasteiger partial charge in [0.15, 0.2) is 12.1 Å². The number of aromatic nitrogens is 3. The first-order valence-corrected chi connectivity index (χ1v) is 24.5. The van der Waals surface area contributed by atoms with E-state index in [0.717, 1.165) is 38.5 Å². The molecular formula is C44H81N5O10S. The molecule has 0 spiro atoms. The number of hydrogen-bond acceptors (Lipinski definition) is 14. The number of unbranched alkanes of at least 4 members (excludes halogenated alkanes) is 22. The Morgan fingerprint density at radius 1 is 0.750 bits per heavy atom. The van der Waals surface area contributed by atoms with Gasteiger partial charge in [0.2, 0.25) is 5.91 Å². The summed E-state index contributed by atoms with van der Waals surface area (Å²) in [6, 6.07) is -0.957. The molecule has 2 rings (SSSR count). The molecule has 1 fully saturated rings. The van der Waals surface area contributed by atoms with Crippen LogP contribution >= 0.6 is 11.8 Å². The standard InChI is InChI=1S/C44H81N5O10S/c1-3-5-7-9-11-13-15-17-19-21-23-25-27-38(51)57-31-34(58-39(52)28-26-24-22-20-18-16-14-12-10-8-6-4-2)32-60-33-35(45)43(55)46-37-30-49(48-47-37)29-36(50)42-40(53)41(54)44(56)59-42/h30,34-36,40-42,44,50,53-54,56H,3-29,31-33,45H2,1-2H3,(H,46,55)/t34?,35?,36?,40-,41-,42?,44?/m0/s1. The van der Waals surface area contributed by atoms with Crippen molar-refractivity contribution in [2.24, 2.45) is 5.73 Å². The fourth-order valence-electron chi connectivity index (χ4n) is 7.20. The SMILES string of the molecule is CCCCCCCCCCCCCCC(=O)OCC(CSCC(N)C(=O)Nc1cn(CC(O)C2OC(O)[C@@H](O)[C@@H]2O)nn1)OC(=O)CCCCCCCCCCCCCC. The van der Waals surface area contributed by atoms with Crippen LogP contribution in [-0.4, -0.2) is 114 Å². The molecule has 7 atom stereocenters. The van der Waals surface area contributed by atoms with Crippen LogP contribution in [0.5, 0.6) is 0 Å². The fraction of sp³-hybridized carbons (Fsp3) is 0.886. The highest BCUT2D eigenvalue weighted by Crippen LogP contribution is 2.23. The third-order valence-electron chi connectivity index (χ3n) is 11.0. The van der Waals surface area contributed by atoms with Crippen LogP contribution in [-0.2, 0) is 35.1 Å². The van der Waals surface area contributed by atoms with Crippen LogP contribution < -0.4 is 11.1 Å². The van der Waals surface area contributed by atoms with E-state index in [1.807, 2.05) is 0 Å². The van der Waals surface area contributed by atoms with Gasteiger partial charge in [0, 0.05) is 24.3 Å². The zero-order chi connectivity index (χ0) is 43.8. The Balaban J connectivity index is 1.73. The van der Waals surface area contributed by atoms with Gasteiger partial charge < -0.3 is 45.7 Å². The van der Waals surface area contributed by atoms with Crippen LogP contribution in [0.4, 0.5) is 5.82 Å². The minimum atomic E-state index is -1.63. The largest absolute Gasteiger partial charge is 0.462 e. The van der Waals surface area contributed by atoms with Gasteiger partial charge in [-0.15, -0.1) is 5.10 Å². The summed E-state index contributed by atoms with van der Waals surface area (Å²) in [5.74, 6) is -0.645. The van der Waals surface area contributed by atoms with Crippen LogP contribution in [0.15, 0.2) is 6.20 Å². The van der Waals surface area contributed by atoms with E-state index in [1.54, 1.807) is 0 Å². The number of nitrogens with two attached hydrogens (primary N) is 1. The number of nitrogens with zero attached hydrogens (tertiary/aromatic N) is 3. The quantitative estimate of drug-likeness (QED) is 0.0300. The summed E-state index contributed by atoms with van der Waals surface area (Å²) in [7, 11) is 0. The molecule has 15 nitrogen and oxygen atoms in total. The highest BCUT2D eigenvalue weighted by molar-refractivity contribution is 7.99. The second-order valence-electron chi connectivity index (χ2n) is 16.6. The van der Waals surface area contributed by atoms with Crippen molar-refractivity contribution in [3.05, 3.63) is 6.20 Å². The number of aliphatic hydroxyl groups is 4. The minimum absolute atomic E-state index is 0.0640. The number of thioether (sulfide) groups is 1. The first-order chi connectivity index (χ1) is 29.0. The van der Waals surface area contributed by atoms with Crippen molar-refractivity contribution in [1.82, 2.24) is 15.0 Å². The van der Waals surface area contributed by atoms with E-state index in [1.165, 1.54) is 138 Å². The van der Waals surface area contributed by atoms with Gasteiger partial charge in [0.25, 0.3) is 0 Å². The topological polar surface area (TPSA) is 229 Å². The summed E-state index contributed by atoms with van der Waals surface area (Å²) < 4.78 is 17.6. The van der Waals surface area contributed by atoms with Crippen molar-refractivity contribution < 1.29 is 49.0 Å². The summed E-state index contributed by atoms with van der Waals surface area (Å²) in [5.41, 5.74) is 6.17. The van der Waals surface area contributed by atoms with Crippen molar-refractivity contribution in [2.75, 3.05) is 23.4 Å². The van der Waals surface area contributed by atoms with E-state index in [9.17, 15) is 34.8 Å². The van der Waals surface area contributed by atoms with E-state index in [4.69, 9.17) is 19.9 Å². The Morgan fingerprint density at radius 3 is 1.72 bits per heavy atom. The van der Waals surface area contributed by atoms with Gasteiger partial charge in [-0.1, -0.05) is 160 Å². The Labute approximate surface area is 364 Å². The summed E-state index contributed by atoms with van der Waals surface area (Å²) in [5, 5.41) is 50.0. The molecule has 2 heterocycles. The number of carbonyl (C=O) groups excluding carboxylic acids is 3. The maximum atomic E-state index is 12.8. The third-order valence-corrected chi connectivity index (χ3v) is 12.2. The molecule has 348 valence electrons. The van der Waals surface area contributed by atoms with Gasteiger partial charge in [0.05, 0.1) is 18.8 Å². The van der Waals surface area contributed by atoms with E-state index in [2.05, 4.69) is 29.5 Å². The molecule has 5 unspecified atom stereocenters. The van der Waals surface area contributed by atoms with Gasteiger partial charge in [-0.25, -0.2) is 4.68 Å². The summed E-state index contributed by atoms with van der Waals surface area (Å²) >= 11 is 1.31. The molecule has 1 aliphatic heterocycles. The highest BCUT2D eigenvalue weighted by Gasteiger charge is 2.45. The molecule has 0 radical (unpaired) electrons. The predicted molar refractivity (Wildman–Crippen MR) is 235 cm³/mol. The predicted octanol–water partition coefficient (Wildman–Crippen LogP) is 6.71. The number of aliphatic hydroxyl groups excluding tert-OH is 4. The minimum Gasteiger partial charge on any atom is -0.462 e. The van der Waals surface area contributed by atoms with E-state index >= 15 is 0 Å². The first kappa shape index (κ1) is 53.8. The maximum absolute atomic E-state index is 12.8. The van der Waals surface area contributed by atoms with E-state index in [0.29, 0.717) is 12.8 Å². The molecule has 0 saturated carbocycles. The zero-order valence-corrected chi connectivity index (χ0v) is 37.7. The number of nitrogens with one attached hydrogen (secondary N) is 1. The number of ether oxygens (including phenoxy) is 3. The number of amides is 1. The van der Waals surface area contributed by atoms with Crippen molar-refractivity contribution in [2.45, 2.75) is 230 Å². The van der Waals surface area contributed by atoms with Crippen LogP contribution in [0.1, 0.15) is 181 Å². The number of hydrogen-bond donors (Lipinski definition) is 6. The second kappa shape index (κ2) is 34.2. The van der Waals surface area contributed by atoms with Crippen molar-refractivity contribution in [3.8, 4) is 0 Å². The summed E-state index contributed by atoms with van der Waals surface area (Å²) in [6.07, 6.45) is 22.9. The molecule has 0 aromatic carbocycles. The number of rotatable bonds is 38. The molecule has 0 aliphatic carbocycles. The molecule has 1 amide bonds. The van der Waals surface area contributed by atoms with Gasteiger partial charge >= 0.3 is 11.9 Å². The van der Waals surface area contributed by atoms with E-state index < -0.39 is 48.8 Å². The molecule has 1 aromatic rings. The highest BCUT2D eigenvalue weighted by atomic mass is 32.2. The molecule has 1 aromatic heterocycles. The average molecular weight is 872 g/mol. The maximum Gasteiger partial charge on any atom is 0.306 e. The Kier molecular flexibility index (Phi) is 30.6. The normalized spacial score (nSPS) is 19.2. The van der Waals surface area contributed by atoms with Gasteiger partial charge in [-0.2, -0.15) is 11.8 Å². The van der Waals surface area contributed by atoms with Gasteiger partial charge in [0.1, 0.15) is 37.1 Å². The van der Waals surface area contributed by atoms with Gasteiger partial charge in [-0.3, -0.25) is 14.4 Å². The smallest absolute Gasteiger partial charge is 0.306 e. The molecule has 1 aliphatic rings. The third kappa shape index (κ3) is 24.9. The molecule has 16 heteroatoms. The van der Waals surface area contributed by atoms with Crippen LogP contribution in [0, 0.1) is 0 Å². The van der Waals surface area contributed by atoms with Crippen molar-refractivity contribution in [1.29, 1.82) is 0 Å². The Bertz CT molecular complexity index is 1260. The fourth-order valence-corrected chi connectivity index (χ4v) is 8.17. The Morgan fingerprint density at radius 2 is 1.23 bits per heavy atom. The zero-order valence-electron chi connectivity index (χ0n) is 36.9. The number of anilines is 1. The lowest BCUT2D eigenvalue weighted by atomic mass is 10.0.